The Bertz CT molecular complexity index is 412. The molecule has 0 saturated heterocycles. The molecule has 0 aliphatic carbocycles. The predicted octanol–water partition coefficient (Wildman–Crippen LogP) is 2.59. The van der Waals surface area contributed by atoms with Crippen molar-refractivity contribution in [1.29, 1.82) is 0 Å². The van der Waals surface area contributed by atoms with Crippen LogP contribution in [0.25, 0.3) is 0 Å². The van der Waals surface area contributed by atoms with E-state index in [9.17, 15) is 9.90 Å². The SMILES string of the molecule is CSCC(C)NC(=O)NCC(CC(C)O)c1ccccc1. The van der Waals surface area contributed by atoms with Crippen molar-refractivity contribution in [1.82, 2.24) is 10.6 Å². The number of urea groups is 1. The Hall–Kier alpha value is -1.20. The van der Waals surface area contributed by atoms with Gasteiger partial charge < -0.3 is 15.7 Å². The Balaban J connectivity index is 2.52. The smallest absolute Gasteiger partial charge is 0.315 e. The van der Waals surface area contributed by atoms with Crippen molar-refractivity contribution >= 4 is 17.8 Å². The van der Waals surface area contributed by atoms with Crippen LogP contribution >= 0.6 is 11.8 Å². The van der Waals surface area contributed by atoms with Crippen molar-refractivity contribution in [3.05, 3.63) is 35.9 Å². The highest BCUT2D eigenvalue weighted by molar-refractivity contribution is 7.98. The van der Waals surface area contributed by atoms with E-state index in [-0.39, 0.29) is 18.0 Å². The maximum absolute atomic E-state index is 11.9. The molecule has 21 heavy (non-hydrogen) atoms. The second kappa shape index (κ2) is 9.68. The van der Waals surface area contributed by atoms with E-state index in [1.165, 1.54) is 0 Å². The summed E-state index contributed by atoms with van der Waals surface area (Å²) >= 11 is 1.71. The quantitative estimate of drug-likeness (QED) is 0.691. The van der Waals surface area contributed by atoms with Gasteiger partial charge in [-0.1, -0.05) is 30.3 Å². The maximum Gasteiger partial charge on any atom is 0.315 e. The van der Waals surface area contributed by atoms with Gasteiger partial charge in [0.25, 0.3) is 0 Å². The normalized spacial score (nSPS) is 15.0. The largest absolute Gasteiger partial charge is 0.393 e. The van der Waals surface area contributed by atoms with E-state index in [4.69, 9.17) is 0 Å². The molecule has 3 unspecified atom stereocenters. The number of hydrogen-bond donors (Lipinski definition) is 3. The zero-order valence-corrected chi connectivity index (χ0v) is 13.8. The molecule has 2 amide bonds. The fourth-order valence-electron chi connectivity index (χ4n) is 2.26. The number of aliphatic hydroxyl groups excluding tert-OH is 1. The molecule has 0 aromatic heterocycles. The van der Waals surface area contributed by atoms with Gasteiger partial charge in [0.15, 0.2) is 0 Å². The topological polar surface area (TPSA) is 61.4 Å². The van der Waals surface area contributed by atoms with E-state index in [1.807, 2.05) is 43.5 Å². The lowest BCUT2D eigenvalue weighted by molar-refractivity contribution is 0.173. The summed E-state index contributed by atoms with van der Waals surface area (Å²) in [5, 5.41) is 15.4. The van der Waals surface area contributed by atoms with Crippen molar-refractivity contribution in [2.24, 2.45) is 0 Å². The van der Waals surface area contributed by atoms with Crippen molar-refractivity contribution in [2.45, 2.75) is 38.3 Å². The van der Waals surface area contributed by atoms with E-state index in [0.29, 0.717) is 13.0 Å². The van der Waals surface area contributed by atoms with Crippen molar-refractivity contribution in [3.8, 4) is 0 Å². The molecule has 3 atom stereocenters. The third kappa shape index (κ3) is 7.39. The van der Waals surface area contributed by atoms with Gasteiger partial charge >= 0.3 is 6.03 Å². The molecule has 3 N–H and O–H groups in total. The lowest BCUT2D eigenvalue weighted by atomic mass is 9.93. The molecular formula is C16H26N2O2S. The van der Waals surface area contributed by atoms with Crippen molar-refractivity contribution < 1.29 is 9.90 Å². The summed E-state index contributed by atoms with van der Waals surface area (Å²) < 4.78 is 0. The fraction of sp³-hybridized carbons (Fsp3) is 0.562. The Kier molecular flexibility index (Phi) is 8.23. The van der Waals surface area contributed by atoms with E-state index in [2.05, 4.69) is 10.6 Å². The lowest BCUT2D eigenvalue weighted by Crippen LogP contribution is -2.43. The van der Waals surface area contributed by atoms with Crippen LogP contribution in [-0.2, 0) is 0 Å². The van der Waals surface area contributed by atoms with Crippen LogP contribution in [0.2, 0.25) is 0 Å². The predicted molar refractivity (Wildman–Crippen MR) is 89.9 cm³/mol. The van der Waals surface area contributed by atoms with Crippen LogP contribution in [0.1, 0.15) is 31.7 Å². The first kappa shape index (κ1) is 17.9. The highest BCUT2D eigenvalue weighted by Gasteiger charge is 2.15. The number of carbonyl (C=O) groups excluding carboxylic acids is 1. The minimum absolute atomic E-state index is 0.118. The molecule has 5 heteroatoms. The second-order valence-electron chi connectivity index (χ2n) is 5.40. The number of benzene rings is 1. The molecule has 0 heterocycles. The highest BCUT2D eigenvalue weighted by Crippen LogP contribution is 2.20. The van der Waals surface area contributed by atoms with Gasteiger partial charge in [-0.3, -0.25) is 0 Å². The summed E-state index contributed by atoms with van der Waals surface area (Å²) in [6.45, 7) is 4.28. The number of amides is 2. The Labute approximate surface area is 131 Å². The Morgan fingerprint density at radius 1 is 1.29 bits per heavy atom. The molecule has 118 valence electrons. The van der Waals surface area contributed by atoms with Gasteiger partial charge in [0, 0.05) is 24.3 Å². The molecule has 1 aromatic rings. The van der Waals surface area contributed by atoms with Crippen molar-refractivity contribution in [3.63, 3.8) is 0 Å². The summed E-state index contributed by atoms with van der Waals surface area (Å²) in [6.07, 6.45) is 2.25. The van der Waals surface area contributed by atoms with Crippen LogP contribution < -0.4 is 10.6 Å². The van der Waals surface area contributed by atoms with E-state index in [1.54, 1.807) is 18.7 Å². The van der Waals surface area contributed by atoms with Gasteiger partial charge in [-0.15, -0.1) is 0 Å². The number of aliphatic hydroxyl groups is 1. The molecular weight excluding hydrogens is 284 g/mol. The van der Waals surface area contributed by atoms with Gasteiger partial charge in [-0.2, -0.15) is 11.8 Å². The molecule has 0 spiro atoms. The summed E-state index contributed by atoms with van der Waals surface area (Å²) in [5.74, 6) is 1.01. The maximum atomic E-state index is 11.9. The summed E-state index contributed by atoms with van der Waals surface area (Å²) in [7, 11) is 0. The summed E-state index contributed by atoms with van der Waals surface area (Å²) in [4.78, 5) is 11.9. The molecule has 0 aliphatic rings. The van der Waals surface area contributed by atoms with Gasteiger partial charge in [0.1, 0.15) is 0 Å². The third-order valence-electron chi connectivity index (χ3n) is 3.20. The molecule has 0 radical (unpaired) electrons. The number of thioether (sulfide) groups is 1. The first-order valence-corrected chi connectivity index (χ1v) is 8.68. The van der Waals surface area contributed by atoms with Crippen LogP contribution in [0.4, 0.5) is 4.79 Å². The van der Waals surface area contributed by atoms with Crippen LogP contribution in [0.5, 0.6) is 0 Å². The second-order valence-corrected chi connectivity index (χ2v) is 6.31. The minimum atomic E-state index is -0.393. The van der Waals surface area contributed by atoms with E-state index < -0.39 is 6.10 Å². The molecule has 0 aliphatic heterocycles. The van der Waals surface area contributed by atoms with Gasteiger partial charge in [-0.25, -0.2) is 4.79 Å². The Morgan fingerprint density at radius 2 is 1.95 bits per heavy atom. The number of carbonyl (C=O) groups is 1. The third-order valence-corrected chi connectivity index (χ3v) is 4.03. The first-order valence-electron chi connectivity index (χ1n) is 7.29. The number of nitrogens with one attached hydrogen (secondary N) is 2. The summed E-state index contributed by atoms with van der Waals surface area (Å²) in [5.41, 5.74) is 1.14. The average Bonchev–Trinajstić information content (AvgIpc) is 2.44. The molecule has 0 saturated carbocycles. The molecule has 4 nitrogen and oxygen atoms in total. The fourth-order valence-corrected chi connectivity index (χ4v) is 2.84. The molecule has 1 aromatic carbocycles. The first-order chi connectivity index (χ1) is 10.0. The number of hydrogen-bond acceptors (Lipinski definition) is 3. The summed E-state index contributed by atoms with van der Waals surface area (Å²) in [6, 6.07) is 9.98. The van der Waals surface area contributed by atoms with Crippen LogP contribution in [0.3, 0.4) is 0 Å². The lowest BCUT2D eigenvalue weighted by Gasteiger charge is -2.21. The zero-order valence-electron chi connectivity index (χ0n) is 13.0. The molecule has 1 rings (SSSR count). The van der Waals surface area contributed by atoms with Gasteiger partial charge in [0.2, 0.25) is 0 Å². The molecule has 0 bridgehead atoms. The highest BCUT2D eigenvalue weighted by atomic mass is 32.2. The number of rotatable bonds is 8. The average molecular weight is 310 g/mol. The monoisotopic (exact) mass is 310 g/mol. The van der Waals surface area contributed by atoms with Crippen LogP contribution in [-0.4, -0.2) is 41.8 Å². The van der Waals surface area contributed by atoms with Crippen molar-refractivity contribution in [2.75, 3.05) is 18.6 Å². The Morgan fingerprint density at radius 3 is 2.52 bits per heavy atom. The van der Waals surface area contributed by atoms with Gasteiger partial charge in [0.05, 0.1) is 6.10 Å². The standard InChI is InChI=1S/C16H26N2O2S/c1-12(11-21-3)18-16(20)17-10-15(9-13(2)19)14-7-5-4-6-8-14/h4-8,12-13,15,19H,9-11H2,1-3H3,(H2,17,18,20). The van der Waals surface area contributed by atoms with Crippen LogP contribution in [0.15, 0.2) is 30.3 Å². The van der Waals surface area contributed by atoms with Crippen LogP contribution in [0, 0.1) is 0 Å². The minimum Gasteiger partial charge on any atom is -0.393 e. The zero-order chi connectivity index (χ0) is 15.7. The van der Waals surface area contributed by atoms with Gasteiger partial charge in [-0.05, 0) is 32.1 Å². The van der Waals surface area contributed by atoms with E-state index >= 15 is 0 Å². The molecule has 0 fully saturated rings. The van der Waals surface area contributed by atoms with E-state index in [0.717, 1.165) is 11.3 Å².